The van der Waals surface area contributed by atoms with Crippen molar-refractivity contribution in [3.63, 3.8) is 0 Å². The summed E-state index contributed by atoms with van der Waals surface area (Å²) in [5, 5.41) is 3.27. The molecule has 1 aliphatic heterocycles. The van der Waals surface area contributed by atoms with Crippen molar-refractivity contribution in [2.75, 3.05) is 13.2 Å². The molecule has 4 heteroatoms. The molecule has 0 bridgehead atoms. The molecule has 4 nitrogen and oxygen atoms in total. The van der Waals surface area contributed by atoms with Crippen LogP contribution < -0.4 is 5.32 Å². The predicted octanol–water partition coefficient (Wildman–Crippen LogP) is 2.52. The van der Waals surface area contributed by atoms with E-state index in [2.05, 4.69) is 17.4 Å². The standard InChI is InChI=1S/C18H23NO3/c20-16(17(9-10-17)14-5-2-1-3-6-14)19-15-7-4-8-18(13-15)21-11-12-22-18/h1-3,5-6,15H,4,7-13H2,(H,19,20). The van der Waals surface area contributed by atoms with Crippen LogP contribution in [0.1, 0.15) is 44.1 Å². The Kier molecular flexibility index (Phi) is 3.46. The summed E-state index contributed by atoms with van der Waals surface area (Å²) < 4.78 is 11.6. The lowest BCUT2D eigenvalue weighted by Gasteiger charge is -2.37. The summed E-state index contributed by atoms with van der Waals surface area (Å²) in [5.41, 5.74) is 0.856. The van der Waals surface area contributed by atoms with Crippen LogP contribution in [0.5, 0.6) is 0 Å². The number of hydrogen-bond acceptors (Lipinski definition) is 3. The van der Waals surface area contributed by atoms with Gasteiger partial charge in [-0.1, -0.05) is 30.3 Å². The lowest BCUT2D eigenvalue weighted by molar-refractivity contribution is -0.182. The number of nitrogens with one attached hydrogen (secondary N) is 1. The van der Waals surface area contributed by atoms with E-state index in [4.69, 9.17) is 9.47 Å². The van der Waals surface area contributed by atoms with Crippen LogP contribution in [0.15, 0.2) is 30.3 Å². The number of carbonyl (C=O) groups excluding carboxylic acids is 1. The first-order valence-electron chi connectivity index (χ1n) is 8.37. The van der Waals surface area contributed by atoms with Crippen LogP contribution in [0, 0.1) is 0 Å². The minimum Gasteiger partial charge on any atom is -0.352 e. The molecule has 0 aromatic heterocycles. The fraction of sp³-hybridized carbons (Fsp3) is 0.611. The van der Waals surface area contributed by atoms with Crippen LogP contribution in [0.3, 0.4) is 0 Å². The number of carbonyl (C=O) groups is 1. The molecule has 1 spiro atoms. The van der Waals surface area contributed by atoms with Gasteiger partial charge in [-0.05, 0) is 31.2 Å². The fourth-order valence-corrected chi connectivity index (χ4v) is 3.93. The highest BCUT2D eigenvalue weighted by Gasteiger charge is 2.52. The summed E-state index contributed by atoms with van der Waals surface area (Å²) in [6, 6.07) is 10.3. The first-order valence-corrected chi connectivity index (χ1v) is 8.37. The molecule has 4 rings (SSSR count). The van der Waals surface area contributed by atoms with E-state index in [9.17, 15) is 4.79 Å². The average Bonchev–Trinajstić information content (AvgIpc) is 3.25. The zero-order chi connectivity index (χ0) is 15.0. The van der Waals surface area contributed by atoms with E-state index in [1.165, 1.54) is 0 Å². The van der Waals surface area contributed by atoms with E-state index in [-0.39, 0.29) is 17.4 Å². The normalized spacial score (nSPS) is 28.5. The van der Waals surface area contributed by atoms with E-state index < -0.39 is 5.79 Å². The van der Waals surface area contributed by atoms with Crippen molar-refractivity contribution in [3.8, 4) is 0 Å². The molecule has 1 amide bonds. The van der Waals surface area contributed by atoms with Gasteiger partial charge in [0.05, 0.1) is 18.6 Å². The van der Waals surface area contributed by atoms with Gasteiger partial charge in [0.2, 0.25) is 5.91 Å². The molecule has 2 aliphatic carbocycles. The van der Waals surface area contributed by atoms with Gasteiger partial charge >= 0.3 is 0 Å². The van der Waals surface area contributed by atoms with E-state index in [1.807, 2.05) is 18.2 Å². The first-order chi connectivity index (χ1) is 10.7. The third-order valence-corrected chi connectivity index (χ3v) is 5.33. The Labute approximate surface area is 131 Å². The Balaban J connectivity index is 1.44. The topological polar surface area (TPSA) is 47.6 Å². The molecule has 22 heavy (non-hydrogen) atoms. The zero-order valence-electron chi connectivity index (χ0n) is 12.8. The molecule has 2 saturated carbocycles. The van der Waals surface area contributed by atoms with Crippen molar-refractivity contribution in [2.24, 2.45) is 0 Å². The smallest absolute Gasteiger partial charge is 0.230 e. The second kappa shape index (κ2) is 5.36. The van der Waals surface area contributed by atoms with Gasteiger partial charge in [-0.15, -0.1) is 0 Å². The Morgan fingerprint density at radius 2 is 1.82 bits per heavy atom. The minimum absolute atomic E-state index is 0.167. The maximum atomic E-state index is 12.8. The van der Waals surface area contributed by atoms with Gasteiger partial charge in [0.1, 0.15) is 0 Å². The van der Waals surface area contributed by atoms with Gasteiger partial charge in [0.15, 0.2) is 5.79 Å². The molecule has 1 atom stereocenters. The molecule has 118 valence electrons. The maximum Gasteiger partial charge on any atom is 0.230 e. The monoisotopic (exact) mass is 301 g/mol. The van der Waals surface area contributed by atoms with Crippen molar-refractivity contribution in [3.05, 3.63) is 35.9 Å². The van der Waals surface area contributed by atoms with Gasteiger partial charge in [0, 0.05) is 18.9 Å². The summed E-state index contributed by atoms with van der Waals surface area (Å²) >= 11 is 0. The number of amides is 1. The summed E-state index contributed by atoms with van der Waals surface area (Å²) in [7, 11) is 0. The Hall–Kier alpha value is -1.39. The second-order valence-corrected chi connectivity index (χ2v) is 6.82. The minimum atomic E-state index is -0.431. The third-order valence-electron chi connectivity index (χ3n) is 5.33. The van der Waals surface area contributed by atoms with Crippen molar-refractivity contribution in [1.29, 1.82) is 0 Å². The average molecular weight is 301 g/mol. The van der Waals surface area contributed by atoms with Gasteiger partial charge in [-0.3, -0.25) is 4.79 Å². The second-order valence-electron chi connectivity index (χ2n) is 6.82. The van der Waals surface area contributed by atoms with Crippen molar-refractivity contribution in [1.82, 2.24) is 5.32 Å². The Morgan fingerprint density at radius 3 is 2.50 bits per heavy atom. The molecule has 1 heterocycles. The first kappa shape index (κ1) is 14.2. The SMILES string of the molecule is O=C(NC1CCCC2(C1)OCCO2)C1(c2ccccc2)CC1. The Morgan fingerprint density at radius 1 is 1.09 bits per heavy atom. The fourth-order valence-electron chi connectivity index (χ4n) is 3.93. The highest BCUT2D eigenvalue weighted by Crippen LogP contribution is 2.48. The van der Waals surface area contributed by atoms with Gasteiger partial charge in [-0.2, -0.15) is 0 Å². The lowest BCUT2D eigenvalue weighted by Crippen LogP contribution is -2.48. The molecule has 1 aromatic rings. The molecule has 1 saturated heterocycles. The van der Waals surface area contributed by atoms with Crippen molar-refractivity contribution in [2.45, 2.75) is 55.8 Å². The van der Waals surface area contributed by atoms with Crippen LogP contribution in [0.2, 0.25) is 0 Å². The molecular formula is C18H23NO3. The highest BCUT2D eigenvalue weighted by atomic mass is 16.7. The van der Waals surface area contributed by atoms with Crippen LogP contribution in [0.4, 0.5) is 0 Å². The quantitative estimate of drug-likeness (QED) is 0.933. The lowest BCUT2D eigenvalue weighted by atomic mass is 9.88. The van der Waals surface area contributed by atoms with Crippen molar-refractivity contribution < 1.29 is 14.3 Å². The number of rotatable bonds is 3. The van der Waals surface area contributed by atoms with Crippen LogP contribution in [-0.4, -0.2) is 30.9 Å². The largest absolute Gasteiger partial charge is 0.352 e. The van der Waals surface area contributed by atoms with Crippen LogP contribution in [0.25, 0.3) is 0 Å². The van der Waals surface area contributed by atoms with E-state index in [1.54, 1.807) is 0 Å². The predicted molar refractivity (Wildman–Crippen MR) is 82.4 cm³/mol. The summed E-state index contributed by atoms with van der Waals surface area (Å²) in [6.45, 7) is 1.35. The number of benzene rings is 1. The van der Waals surface area contributed by atoms with Crippen LogP contribution in [-0.2, 0) is 19.7 Å². The molecule has 3 fully saturated rings. The number of hydrogen-bond donors (Lipinski definition) is 1. The van der Waals surface area contributed by atoms with Gasteiger partial charge in [-0.25, -0.2) is 0 Å². The molecule has 1 N–H and O–H groups in total. The van der Waals surface area contributed by atoms with Gasteiger partial charge in [0.25, 0.3) is 0 Å². The maximum absolute atomic E-state index is 12.8. The molecule has 0 radical (unpaired) electrons. The summed E-state index contributed by atoms with van der Waals surface area (Å²) in [6.07, 6.45) is 5.70. The molecular weight excluding hydrogens is 278 g/mol. The van der Waals surface area contributed by atoms with E-state index >= 15 is 0 Å². The molecule has 3 aliphatic rings. The van der Waals surface area contributed by atoms with Crippen LogP contribution >= 0.6 is 0 Å². The highest BCUT2D eigenvalue weighted by molar-refractivity contribution is 5.91. The van der Waals surface area contributed by atoms with E-state index in [0.717, 1.165) is 44.1 Å². The summed E-state index contributed by atoms with van der Waals surface area (Å²) in [5.74, 6) is -0.251. The zero-order valence-corrected chi connectivity index (χ0v) is 12.8. The van der Waals surface area contributed by atoms with Crippen molar-refractivity contribution >= 4 is 5.91 Å². The summed E-state index contributed by atoms with van der Waals surface area (Å²) in [4.78, 5) is 12.8. The Bertz CT molecular complexity index is 547. The number of ether oxygens (including phenoxy) is 2. The van der Waals surface area contributed by atoms with Gasteiger partial charge < -0.3 is 14.8 Å². The molecule has 1 aromatic carbocycles. The molecule has 1 unspecified atom stereocenters. The van der Waals surface area contributed by atoms with E-state index in [0.29, 0.717) is 13.2 Å². The third kappa shape index (κ3) is 2.44.